The molecule has 33 heavy (non-hydrogen) atoms. The van der Waals surface area contributed by atoms with Crippen molar-refractivity contribution < 1.29 is 34.2 Å². The first-order valence-corrected chi connectivity index (χ1v) is 10.3. The minimum absolute atomic E-state index is 0.0443. The largest absolute Gasteiger partial charge is 0.481 e. The van der Waals surface area contributed by atoms with E-state index in [0.29, 0.717) is 13.0 Å². The van der Waals surface area contributed by atoms with E-state index in [1.165, 1.54) is 29.2 Å². The molecule has 1 saturated heterocycles. The summed E-state index contributed by atoms with van der Waals surface area (Å²) in [6.45, 7) is 0.311. The van der Waals surface area contributed by atoms with Gasteiger partial charge in [0.25, 0.3) is 11.8 Å². The SMILES string of the molecule is O=C(O)CCC(NC(=O)c1cccc(N2C(=O)C3Cc4ccccc4CN3C2=O)c1)C(=O)O. The lowest BCUT2D eigenvalue weighted by molar-refractivity contribution is -0.140. The summed E-state index contributed by atoms with van der Waals surface area (Å²) in [4.78, 5) is 63.4. The Labute approximate surface area is 188 Å². The Morgan fingerprint density at radius 2 is 1.76 bits per heavy atom. The summed E-state index contributed by atoms with van der Waals surface area (Å²) in [5.41, 5.74) is 2.23. The zero-order chi connectivity index (χ0) is 23.7. The van der Waals surface area contributed by atoms with E-state index in [1.54, 1.807) is 0 Å². The van der Waals surface area contributed by atoms with Gasteiger partial charge in [0, 0.05) is 24.9 Å². The van der Waals surface area contributed by atoms with E-state index in [0.717, 1.165) is 16.0 Å². The summed E-state index contributed by atoms with van der Waals surface area (Å²) in [7, 11) is 0. The first-order chi connectivity index (χ1) is 15.8. The number of rotatable bonds is 7. The van der Waals surface area contributed by atoms with Crippen LogP contribution in [0.25, 0.3) is 0 Å². The molecule has 2 atom stereocenters. The van der Waals surface area contributed by atoms with Gasteiger partial charge >= 0.3 is 18.0 Å². The minimum atomic E-state index is -1.39. The van der Waals surface area contributed by atoms with Crippen LogP contribution in [0.2, 0.25) is 0 Å². The maximum atomic E-state index is 13.1. The van der Waals surface area contributed by atoms with Gasteiger partial charge in [-0.05, 0) is 35.7 Å². The zero-order valence-corrected chi connectivity index (χ0v) is 17.4. The first kappa shape index (κ1) is 22.0. The van der Waals surface area contributed by atoms with Gasteiger partial charge in [-0.1, -0.05) is 30.3 Å². The Hall–Kier alpha value is -4.21. The number of urea groups is 1. The number of aliphatic carboxylic acids is 2. The highest BCUT2D eigenvalue weighted by atomic mass is 16.4. The summed E-state index contributed by atoms with van der Waals surface area (Å²) in [6.07, 6.45) is -0.300. The zero-order valence-electron chi connectivity index (χ0n) is 17.4. The van der Waals surface area contributed by atoms with Crippen molar-refractivity contribution in [1.29, 1.82) is 0 Å². The minimum Gasteiger partial charge on any atom is -0.481 e. The fourth-order valence-electron chi connectivity index (χ4n) is 4.11. The fourth-order valence-corrected chi connectivity index (χ4v) is 4.11. The van der Waals surface area contributed by atoms with Crippen molar-refractivity contribution in [3.8, 4) is 0 Å². The number of hydrogen-bond acceptors (Lipinski definition) is 5. The van der Waals surface area contributed by atoms with Crippen LogP contribution in [0.4, 0.5) is 10.5 Å². The Kier molecular flexibility index (Phi) is 5.82. The van der Waals surface area contributed by atoms with Crippen LogP contribution in [-0.4, -0.2) is 57.0 Å². The molecule has 2 aliphatic heterocycles. The summed E-state index contributed by atoms with van der Waals surface area (Å²) >= 11 is 0. The van der Waals surface area contributed by atoms with Crippen LogP contribution in [0.15, 0.2) is 48.5 Å². The van der Waals surface area contributed by atoms with Gasteiger partial charge in [-0.3, -0.25) is 14.4 Å². The van der Waals surface area contributed by atoms with Crippen LogP contribution in [-0.2, 0) is 27.3 Å². The monoisotopic (exact) mass is 451 g/mol. The molecular formula is C23H21N3O7. The van der Waals surface area contributed by atoms with E-state index in [2.05, 4.69) is 5.32 Å². The van der Waals surface area contributed by atoms with Crippen LogP contribution in [0.3, 0.4) is 0 Å². The van der Waals surface area contributed by atoms with Gasteiger partial charge in [-0.25, -0.2) is 14.5 Å². The fraction of sp³-hybridized carbons (Fsp3) is 0.261. The van der Waals surface area contributed by atoms with Crippen molar-refractivity contribution in [3.63, 3.8) is 0 Å². The Balaban J connectivity index is 1.54. The number of benzene rings is 2. The number of amides is 4. The highest BCUT2D eigenvalue weighted by Crippen LogP contribution is 2.33. The number of carboxylic acid groups (broad SMARTS) is 2. The number of imide groups is 1. The number of carbonyl (C=O) groups is 5. The lowest BCUT2D eigenvalue weighted by atomic mass is 9.95. The van der Waals surface area contributed by atoms with Crippen molar-refractivity contribution in [2.75, 3.05) is 4.90 Å². The normalized spacial score (nSPS) is 17.9. The molecular weight excluding hydrogens is 430 g/mol. The third-order valence-corrected chi connectivity index (χ3v) is 5.81. The number of anilines is 1. The van der Waals surface area contributed by atoms with E-state index in [9.17, 15) is 29.1 Å². The molecule has 0 bridgehead atoms. The third kappa shape index (κ3) is 4.27. The second-order valence-corrected chi connectivity index (χ2v) is 7.92. The van der Waals surface area contributed by atoms with Crippen LogP contribution in [0, 0.1) is 0 Å². The predicted octanol–water partition coefficient (Wildman–Crippen LogP) is 1.63. The van der Waals surface area contributed by atoms with E-state index in [-0.39, 0.29) is 17.7 Å². The topological polar surface area (TPSA) is 144 Å². The number of hydrogen-bond donors (Lipinski definition) is 3. The molecule has 0 aliphatic carbocycles. The van der Waals surface area contributed by atoms with Crippen LogP contribution >= 0.6 is 0 Å². The van der Waals surface area contributed by atoms with Gasteiger partial charge in [0.2, 0.25) is 0 Å². The van der Waals surface area contributed by atoms with E-state index < -0.39 is 48.3 Å². The number of carbonyl (C=O) groups excluding carboxylic acids is 3. The summed E-state index contributed by atoms with van der Waals surface area (Å²) < 4.78 is 0. The van der Waals surface area contributed by atoms with E-state index in [1.807, 2.05) is 24.3 Å². The van der Waals surface area contributed by atoms with E-state index in [4.69, 9.17) is 5.11 Å². The molecule has 0 spiro atoms. The summed E-state index contributed by atoms with van der Waals surface area (Å²) in [6, 6.07) is 10.9. The molecule has 4 amide bonds. The van der Waals surface area contributed by atoms with Crippen molar-refractivity contribution in [3.05, 3.63) is 65.2 Å². The Morgan fingerprint density at radius 3 is 2.45 bits per heavy atom. The van der Waals surface area contributed by atoms with Crippen molar-refractivity contribution in [2.24, 2.45) is 0 Å². The molecule has 2 aliphatic rings. The molecule has 170 valence electrons. The summed E-state index contributed by atoms with van der Waals surface area (Å²) in [5.74, 6) is -3.68. The number of nitrogens with one attached hydrogen (secondary N) is 1. The second-order valence-electron chi connectivity index (χ2n) is 7.92. The number of carboxylic acids is 2. The lowest BCUT2D eigenvalue weighted by Gasteiger charge is -2.28. The molecule has 2 aromatic carbocycles. The van der Waals surface area contributed by atoms with Gasteiger partial charge in [0.1, 0.15) is 12.1 Å². The van der Waals surface area contributed by atoms with E-state index >= 15 is 0 Å². The second kappa shape index (κ2) is 8.73. The highest BCUT2D eigenvalue weighted by molar-refractivity contribution is 6.21. The molecule has 0 saturated carbocycles. The molecule has 2 unspecified atom stereocenters. The van der Waals surface area contributed by atoms with Crippen molar-refractivity contribution in [1.82, 2.24) is 10.2 Å². The maximum absolute atomic E-state index is 13.1. The van der Waals surface area contributed by atoms with Gasteiger partial charge < -0.3 is 20.4 Å². The molecule has 1 fully saturated rings. The number of nitrogens with zero attached hydrogens (tertiary/aromatic N) is 2. The lowest BCUT2D eigenvalue weighted by Crippen LogP contribution is -2.41. The molecule has 10 heteroatoms. The molecule has 4 rings (SSSR count). The highest BCUT2D eigenvalue weighted by Gasteiger charge is 2.47. The Bertz CT molecular complexity index is 1120. The third-order valence-electron chi connectivity index (χ3n) is 5.81. The van der Waals surface area contributed by atoms with Gasteiger partial charge in [0.15, 0.2) is 0 Å². The van der Waals surface area contributed by atoms with Gasteiger partial charge in [-0.2, -0.15) is 0 Å². The molecule has 10 nitrogen and oxygen atoms in total. The van der Waals surface area contributed by atoms with Crippen LogP contribution in [0.5, 0.6) is 0 Å². The van der Waals surface area contributed by atoms with Crippen LogP contribution in [0.1, 0.15) is 34.3 Å². The van der Waals surface area contributed by atoms with Gasteiger partial charge in [0.05, 0.1) is 5.69 Å². The predicted molar refractivity (Wildman–Crippen MR) is 115 cm³/mol. The molecule has 0 aromatic heterocycles. The maximum Gasteiger partial charge on any atom is 0.332 e. The Morgan fingerprint density at radius 1 is 1.03 bits per heavy atom. The standard InChI is InChI=1S/C23H21N3O7/c27-19(28)9-8-17(22(31)32)24-20(29)14-6-3-7-16(10-14)26-21(30)18-11-13-4-1-2-5-15(13)12-25(18)23(26)33/h1-7,10,17-18H,8-9,11-12H2,(H,24,29)(H,27,28)(H,31,32). The molecule has 3 N–H and O–H groups in total. The van der Waals surface area contributed by atoms with Crippen molar-refractivity contribution in [2.45, 2.75) is 37.9 Å². The number of fused-ring (bicyclic) bond motifs is 2. The summed E-state index contributed by atoms with van der Waals surface area (Å²) in [5, 5.41) is 20.3. The van der Waals surface area contributed by atoms with Crippen LogP contribution < -0.4 is 10.2 Å². The molecule has 2 aromatic rings. The first-order valence-electron chi connectivity index (χ1n) is 10.3. The van der Waals surface area contributed by atoms with Gasteiger partial charge in [-0.15, -0.1) is 0 Å². The average molecular weight is 451 g/mol. The molecule has 0 radical (unpaired) electrons. The average Bonchev–Trinajstić information content (AvgIpc) is 3.04. The molecule has 2 heterocycles. The quantitative estimate of drug-likeness (QED) is 0.543. The smallest absolute Gasteiger partial charge is 0.332 e. The van der Waals surface area contributed by atoms with Crippen molar-refractivity contribution >= 4 is 35.5 Å².